The van der Waals surface area contributed by atoms with E-state index in [-0.39, 0.29) is 16.8 Å². The van der Waals surface area contributed by atoms with Crippen LogP contribution in [-0.4, -0.2) is 29.9 Å². The van der Waals surface area contributed by atoms with Crippen LogP contribution >= 0.6 is 0 Å². The van der Waals surface area contributed by atoms with Crippen LogP contribution in [0.5, 0.6) is 0 Å². The van der Waals surface area contributed by atoms with Crippen molar-refractivity contribution in [1.29, 1.82) is 0 Å². The van der Waals surface area contributed by atoms with E-state index in [2.05, 4.69) is 15.6 Å². The van der Waals surface area contributed by atoms with Crippen LogP contribution in [0.4, 0.5) is 5.69 Å². The summed E-state index contributed by atoms with van der Waals surface area (Å²) in [5.74, 6) is -1.42. The summed E-state index contributed by atoms with van der Waals surface area (Å²) in [6.07, 6.45) is 1.39. The summed E-state index contributed by atoms with van der Waals surface area (Å²) in [4.78, 5) is 40.9. The van der Waals surface area contributed by atoms with Crippen LogP contribution in [0.1, 0.15) is 36.8 Å². The van der Waals surface area contributed by atoms with Crippen LogP contribution in [0.3, 0.4) is 0 Å². The number of amides is 2. The maximum absolute atomic E-state index is 12.6. The van der Waals surface area contributed by atoms with Crippen LogP contribution in [-0.2, 0) is 11.3 Å². The smallest absolute Gasteiger partial charge is 0.339 e. The van der Waals surface area contributed by atoms with Gasteiger partial charge in [0.2, 0.25) is 0 Å². The Bertz CT molecular complexity index is 1030. The molecule has 0 aliphatic carbocycles. The normalized spacial score (nSPS) is 10.1. The summed E-state index contributed by atoms with van der Waals surface area (Å²) in [6.45, 7) is 0.351. The molecule has 0 unspecified atom stereocenters. The van der Waals surface area contributed by atoms with E-state index in [1.807, 2.05) is 30.3 Å². The van der Waals surface area contributed by atoms with Crippen molar-refractivity contribution in [2.45, 2.75) is 6.54 Å². The van der Waals surface area contributed by atoms with Crippen LogP contribution in [0.2, 0.25) is 0 Å². The highest BCUT2D eigenvalue weighted by molar-refractivity contribution is 6.08. The molecule has 146 valence electrons. The van der Waals surface area contributed by atoms with Crippen LogP contribution in [0.15, 0.2) is 72.9 Å². The van der Waals surface area contributed by atoms with Gasteiger partial charge in [-0.2, -0.15) is 0 Å². The first-order valence-corrected chi connectivity index (χ1v) is 8.85. The molecule has 2 amide bonds. The number of rotatable bonds is 6. The van der Waals surface area contributed by atoms with Gasteiger partial charge in [-0.25, -0.2) is 4.79 Å². The Labute approximate surface area is 167 Å². The van der Waals surface area contributed by atoms with E-state index in [0.29, 0.717) is 12.2 Å². The molecule has 2 aromatic carbocycles. The highest BCUT2D eigenvalue weighted by Crippen LogP contribution is 2.17. The highest BCUT2D eigenvalue weighted by atomic mass is 16.5. The van der Waals surface area contributed by atoms with E-state index in [9.17, 15) is 14.4 Å². The molecular formula is C22H19N3O4. The molecule has 0 spiro atoms. The van der Waals surface area contributed by atoms with E-state index in [4.69, 9.17) is 4.74 Å². The fourth-order valence-corrected chi connectivity index (χ4v) is 2.64. The molecule has 2 N–H and O–H groups in total. The zero-order valence-electron chi connectivity index (χ0n) is 15.7. The van der Waals surface area contributed by atoms with Crippen molar-refractivity contribution in [2.75, 3.05) is 12.4 Å². The lowest BCUT2D eigenvalue weighted by molar-refractivity contribution is 0.0601. The van der Waals surface area contributed by atoms with E-state index < -0.39 is 17.8 Å². The van der Waals surface area contributed by atoms with Crippen LogP contribution in [0.25, 0.3) is 0 Å². The number of nitrogens with zero attached hydrogens (tertiary/aromatic N) is 1. The summed E-state index contributed by atoms with van der Waals surface area (Å²) in [6, 6.07) is 18.9. The number of carbonyl (C=O) groups excluding carboxylic acids is 3. The standard InChI is InChI=1S/C22H19N3O4/c1-29-22(28)17-9-5-6-10-18(17)25-20(26)16-11-12-23-19(13-16)21(27)24-14-15-7-3-2-4-8-15/h2-13H,14H2,1H3,(H,24,27)(H,25,26). The lowest BCUT2D eigenvalue weighted by Crippen LogP contribution is -2.24. The van der Waals surface area contributed by atoms with Crippen LogP contribution in [0, 0.1) is 0 Å². The molecule has 7 nitrogen and oxygen atoms in total. The number of nitrogens with one attached hydrogen (secondary N) is 2. The Morgan fingerprint density at radius 3 is 2.41 bits per heavy atom. The molecule has 0 bridgehead atoms. The predicted molar refractivity (Wildman–Crippen MR) is 108 cm³/mol. The third kappa shape index (κ3) is 5.04. The second-order valence-corrected chi connectivity index (χ2v) is 6.09. The SMILES string of the molecule is COC(=O)c1ccccc1NC(=O)c1ccnc(C(=O)NCc2ccccc2)c1. The molecule has 0 aliphatic rings. The van der Waals surface area contributed by atoms with Gasteiger partial charge in [-0.05, 0) is 29.8 Å². The number of methoxy groups -OCH3 is 1. The number of pyridine rings is 1. The minimum absolute atomic E-state index is 0.120. The van der Waals surface area contributed by atoms with Crippen molar-refractivity contribution in [1.82, 2.24) is 10.3 Å². The van der Waals surface area contributed by atoms with Crippen molar-refractivity contribution in [3.8, 4) is 0 Å². The van der Waals surface area contributed by atoms with Crippen molar-refractivity contribution in [2.24, 2.45) is 0 Å². The molecule has 0 saturated heterocycles. The van der Waals surface area contributed by atoms with Crippen molar-refractivity contribution in [3.05, 3.63) is 95.3 Å². The average molecular weight is 389 g/mol. The lowest BCUT2D eigenvalue weighted by atomic mass is 10.1. The first-order valence-electron chi connectivity index (χ1n) is 8.85. The fraction of sp³-hybridized carbons (Fsp3) is 0.0909. The summed E-state index contributed by atoms with van der Waals surface area (Å²) in [5.41, 5.74) is 1.86. The Balaban J connectivity index is 1.71. The Kier molecular flexibility index (Phi) is 6.32. The topological polar surface area (TPSA) is 97.4 Å². The first kappa shape index (κ1) is 19.8. The summed E-state index contributed by atoms with van der Waals surface area (Å²) in [7, 11) is 1.27. The molecule has 1 aromatic heterocycles. The number of esters is 1. The maximum atomic E-state index is 12.6. The molecule has 29 heavy (non-hydrogen) atoms. The molecule has 0 saturated carbocycles. The van der Waals surface area contributed by atoms with Crippen molar-refractivity contribution >= 4 is 23.5 Å². The number of ether oxygens (including phenoxy) is 1. The summed E-state index contributed by atoms with van der Waals surface area (Å²) in [5, 5.41) is 5.44. The molecule has 3 aromatic rings. The Morgan fingerprint density at radius 1 is 0.931 bits per heavy atom. The van der Waals surface area contributed by atoms with Gasteiger partial charge in [-0.3, -0.25) is 14.6 Å². The zero-order chi connectivity index (χ0) is 20.6. The molecule has 0 atom stereocenters. The monoisotopic (exact) mass is 389 g/mol. The fourth-order valence-electron chi connectivity index (χ4n) is 2.64. The average Bonchev–Trinajstić information content (AvgIpc) is 2.78. The minimum Gasteiger partial charge on any atom is -0.465 e. The van der Waals surface area contributed by atoms with Gasteiger partial charge in [0.25, 0.3) is 11.8 Å². The van der Waals surface area contributed by atoms with E-state index in [1.165, 1.54) is 25.4 Å². The molecule has 7 heteroatoms. The summed E-state index contributed by atoms with van der Waals surface area (Å²) < 4.78 is 4.72. The molecule has 0 fully saturated rings. The van der Waals surface area contributed by atoms with E-state index >= 15 is 0 Å². The number of hydrogen-bond acceptors (Lipinski definition) is 5. The molecule has 1 heterocycles. The van der Waals surface area contributed by atoms with Crippen molar-refractivity contribution < 1.29 is 19.1 Å². The van der Waals surface area contributed by atoms with Gasteiger partial charge in [-0.15, -0.1) is 0 Å². The van der Waals surface area contributed by atoms with Gasteiger partial charge in [0.05, 0.1) is 18.4 Å². The molecule has 3 rings (SSSR count). The van der Waals surface area contributed by atoms with Gasteiger partial charge in [0.1, 0.15) is 5.69 Å². The van der Waals surface area contributed by atoms with E-state index in [0.717, 1.165) is 5.56 Å². The second kappa shape index (κ2) is 9.27. The van der Waals surface area contributed by atoms with Gasteiger partial charge in [-0.1, -0.05) is 42.5 Å². The third-order valence-corrected chi connectivity index (χ3v) is 4.13. The summed E-state index contributed by atoms with van der Waals surface area (Å²) >= 11 is 0. The zero-order valence-corrected chi connectivity index (χ0v) is 15.7. The number of hydrogen-bond donors (Lipinski definition) is 2. The second-order valence-electron chi connectivity index (χ2n) is 6.09. The number of carbonyl (C=O) groups is 3. The quantitative estimate of drug-likeness (QED) is 0.632. The maximum Gasteiger partial charge on any atom is 0.339 e. The number of anilines is 1. The largest absolute Gasteiger partial charge is 0.465 e. The Hall–Kier alpha value is -4.00. The third-order valence-electron chi connectivity index (χ3n) is 4.13. The first-order chi connectivity index (χ1) is 14.1. The van der Waals surface area contributed by atoms with Gasteiger partial charge in [0.15, 0.2) is 0 Å². The van der Waals surface area contributed by atoms with Gasteiger partial charge >= 0.3 is 5.97 Å². The number of benzene rings is 2. The van der Waals surface area contributed by atoms with Crippen molar-refractivity contribution in [3.63, 3.8) is 0 Å². The highest BCUT2D eigenvalue weighted by Gasteiger charge is 2.16. The van der Waals surface area contributed by atoms with Crippen LogP contribution < -0.4 is 10.6 Å². The molecule has 0 radical (unpaired) electrons. The lowest BCUT2D eigenvalue weighted by Gasteiger charge is -2.10. The number of para-hydroxylation sites is 1. The predicted octanol–water partition coefficient (Wildman–Crippen LogP) is 3.05. The Morgan fingerprint density at radius 2 is 1.66 bits per heavy atom. The van der Waals surface area contributed by atoms with E-state index in [1.54, 1.807) is 24.3 Å². The van der Waals surface area contributed by atoms with Gasteiger partial charge in [0, 0.05) is 18.3 Å². The molecular weight excluding hydrogens is 370 g/mol. The number of aromatic nitrogens is 1. The van der Waals surface area contributed by atoms with Gasteiger partial charge < -0.3 is 15.4 Å². The molecule has 0 aliphatic heterocycles. The minimum atomic E-state index is -0.559.